The average molecular weight is 297 g/mol. The zero-order valence-electron chi connectivity index (χ0n) is 9.87. The van der Waals surface area contributed by atoms with E-state index >= 15 is 0 Å². The number of hydrogen-bond acceptors (Lipinski definition) is 4. The molecule has 0 saturated carbocycles. The van der Waals surface area contributed by atoms with Gasteiger partial charge >= 0.3 is 5.97 Å². The van der Waals surface area contributed by atoms with Crippen molar-refractivity contribution in [2.75, 3.05) is 0 Å². The van der Waals surface area contributed by atoms with Gasteiger partial charge in [-0.1, -0.05) is 0 Å². The van der Waals surface area contributed by atoms with Gasteiger partial charge in [-0.15, -0.1) is 0 Å². The predicted octanol–water partition coefficient (Wildman–Crippen LogP) is 2.50. The number of nitrogens with one attached hydrogen (secondary N) is 1. The van der Waals surface area contributed by atoms with Gasteiger partial charge in [-0.3, -0.25) is 0 Å². The highest BCUT2D eigenvalue weighted by Gasteiger charge is 2.22. The van der Waals surface area contributed by atoms with E-state index in [0.29, 0.717) is 5.70 Å². The molecular weight excluding hydrogens is 284 g/mol. The summed E-state index contributed by atoms with van der Waals surface area (Å²) >= 11 is 3.26. The Kier molecular flexibility index (Phi) is 4.13. The maximum absolute atomic E-state index is 11.8. The van der Waals surface area contributed by atoms with E-state index in [4.69, 9.17) is 10.00 Å². The molecular formula is C12H13BrN2O2. The zero-order valence-corrected chi connectivity index (χ0v) is 11.5. The minimum absolute atomic E-state index is 0.0348. The maximum Gasteiger partial charge on any atom is 0.351 e. The van der Waals surface area contributed by atoms with E-state index in [9.17, 15) is 4.79 Å². The van der Waals surface area contributed by atoms with Gasteiger partial charge in [0.2, 0.25) is 0 Å². The topological polar surface area (TPSA) is 62.1 Å². The Bertz CT molecular complexity index is 462. The van der Waals surface area contributed by atoms with Crippen molar-refractivity contribution >= 4 is 21.9 Å². The maximum atomic E-state index is 11.8. The van der Waals surface area contributed by atoms with E-state index in [-0.39, 0.29) is 5.57 Å². The molecule has 0 saturated heterocycles. The van der Waals surface area contributed by atoms with E-state index in [1.54, 1.807) is 39.1 Å². The third-order valence-electron chi connectivity index (χ3n) is 1.76. The normalized spacial score (nSPS) is 17.7. The third-order valence-corrected chi connectivity index (χ3v) is 2.25. The van der Waals surface area contributed by atoms with Crippen LogP contribution in [0.4, 0.5) is 0 Å². The Morgan fingerprint density at radius 3 is 2.53 bits per heavy atom. The molecule has 1 aliphatic rings. The van der Waals surface area contributed by atoms with Crippen molar-refractivity contribution in [3.05, 3.63) is 34.1 Å². The second-order valence-electron chi connectivity index (χ2n) is 4.41. The van der Waals surface area contributed by atoms with Crippen molar-refractivity contribution in [2.24, 2.45) is 0 Å². The minimum atomic E-state index is -0.626. The van der Waals surface area contributed by atoms with Gasteiger partial charge in [0.25, 0.3) is 0 Å². The van der Waals surface area contributed by atoms with E-state index in [1.807, 2.05) is 6.07 Å². The van der Waals surface area contributed by atoms with Crippen molar-refractivity contribution in [3.63, 3.8) is 0 Å². The number of ether oxygens (including phenoxy) is 1. The summed E-state index contributed by atoms with van der Waals surface area (Å²) in [5.74, 6) is -0.626. The summed E-state index contributed by atoms with van der Waals surface area (Å²) in [6, 6.07) is 1.86. The fourth-order valence-electron chi connectivity index (χ4n) is 1.11. The van der Waals surface area contributed by atoms with Crippen molar-refractivity contribution in [2.45, 2.75) is 26.4 Å². The predicted molar refractivity (Wildman–Crippen MR) is 67.8 cm³/mol. The summed E-state index contributed by atoms with van der Waals surface area (Å²) in [6.07, 6.45) is 5.04. The van der Waals surface area contributed by atoms with Crippen LogP contribution in [0.5, 0.6) is 0 Å². The van der Waals surface area contributed by atoms with Crippen LogP contribution >= 0.6 is 15.9 Å². The molecule has 0 unspecified atom stereocenters. The van der Waals surface area contributed by atoms with Gasteiger partial charge in [-0.05, 0) is 48.9 Å². The van der Waals surface area contributed by atoms with Crippen LogP contribution in [0.2, 0.25) is 0 Å². The van der Waals surface area contributed by atoms with Gasteiger partial charge in [-0.2, -0.15) is 5.26 Å². The number of halogens is 1. The molecule has 4 nitrogen and oxygen atoms in total. The average Bonchev–Trinajstić information content (AvgIpc) is 2.19. The number of hydrogen-bond donors (Lipinski definition) is 1. The van der Waals surface area contributed by atoms with E-state index in [1.165, 1.54) is 0 Å². The summed E-state index contributed by atoms with van der Waals surface area (Å²) in [7, 11) is 0. The molecule has 1 N–H and O–H groups in total. The second kappa shape index (κ2) is 5.19. The van der Waals surface area contributed by atoms with Crippen LogP contribution in [0, 0.1) is 11.3 Å². The van der Waals surface area contributed by atoms with Crippen LogP contribution in [0.3, 0.4) is 0 Å². The molecule has 0 aromatic carbocycles. The lowest BCUT2D eigenvalue weighted by Gasteiger charge is -2.20. The SMILES string of the molecule is CC(C)(C)OC(=O)/C(C#N)=C1\C=CC(Br)=CN1. The van der Waals surface area contributed by atoms with Crippen molar-refractivity contribution in [1.29, 1.82) is 5.26 Å². The molecule has 1 aliphatic heterocycles. The number of allylic oxidation sites excluding steroid dienone is 3. The van der Waals surface area contributed by atoms with Gasteiger partial charge in [0.1, 0.15) is 11.7 Å². The smallest absolute Gasteiger partial charge is 0.351 e. The fourth-order valence-corrected chi connectivity index (χ4v) is 1.35. The molecule has 1 heterocycles. The standard InChI is InChI=1S/C12H13BrN2O2/c1-12(2,3)17-11(16)9(6-14)10-5-4-8(13)7-15-10/h4-5,7,15H,1-3H3/b10-9+. The Labute approximate surface area is 109 Å². The lowest BCUT2D eigenvalue weighted by Crippen LogP contribution is -2.26. The number of carbonyl (C=O) groups is 1. The zero-order chi connectivity index (χ0) is 13.1. The van der Waals surface area contributed by atoms with E-state index < -0.39 is 11.6 Å². The third kappa shape index (κ3) is 4.08. The molecule has 0 fully saturated rings. The summed E-state index contributed by atoms with van der Waals surface area (Å²) in [5, 5.41) is 11.8. The Morgan fingerprint density at radius 1 is 1.47 bits per heavy atom. The Morgan fingerprint density at radius 2 is 2.12 bits per heavy atom. The second-order valence-corrected chi connectivity index (χ2v) is 5.32. The van der Waals surface area contributed by atoms with Crippen molar-refractivity contribution in [3.8, 4) is 6.07 Å². The number of nitrogens with zero attached hydrogens (tertiary/aromatic N) is 1. The monoisotopic (exact) mass is 296 g/mol. The van der Waals surface area contributed by atoms with Crippen LogP contribution in [-0.2, 0) is 9.53 Å². The first-order chi connectivity index (χ1) is 7.83. The number of rotatable bonds is 1. The number of carbonyl (C=O) groups excluding carboxylic acids is 1. The molecule has 1 rings (SSSR count). The van der Waals surface area contributed by atoms with Crippen LogP contribution < -0.4 is 5.32 Å². The number of nitriles is 1. The molecule has 90 valence electrons. The first-order valence-corrected chi connectivity index (χ1v) is 5.81. The molecule has 0 atom stereocenters. The Hall–Kier alpha value is -1.54. The Balaban J connectivity index is 2.94. The fraction of sp³-hybridized carbons (Fsp3) is 0.333. The molecule has 5 heteroatoms. The molecule has 0 amide bonds. The van der Waals surface area contributed by atoms with Crippen LogP contribution in [0.15, 0.2) is 34.1 Å². The lowest BCUT2D eigenvalue weighted by molar-refractivity contribution is -0.149. The van der Waals surface area contributed by atoms with E-state index in [0.717, 1.165) is 4.48 Å². The number of dihydropyridines is 1. The number of esters is 1. The summed E-state index contributed by atoms with van der Waals surface area (Å²) in [5.41, 5.74) is -0.216. The molecule has 17 heavy (non-hydrogen) atoms. The molecule has 0 radical (unpaired) electrons. The first-order valence-electron chi connectivity index (χ1n) is 5.01. The first kappa shape index (κ1) is 13.5. The quantitative estimate of drug-likeness (QED) is 0.459. The van der Waals surface area contributed by atoms with Crippen LogP contribution in [0.25, 0.3) is 0 Å². The minimum Gasteiger partial charge on any atom is -0.456 e. The van der Waals surface area contributed by atoms with Gasteiger partial charge in [-0.25, -0.2) is 4.79 Å². The molecule has 0 bridgehead atoms. The van der Waals surface area contributed by atoms with Crippen molar-refractivity contribution in [1.82, 2.24) is 5.32 Å². The van der Waals surface area contributed by atoms with Gasteiger partial charge in [0.15, 0.2) is 5.57 Å². The van der Waals surface area contributed by atoms with E-state index in [2.05, 4.69) is 21.2 Å². The lowest BCUT2D eigenvalue weighted by atomic mass is 10.1. The highest BCUT2D eigenvalue weighted by molar-refractivity contribution is 9.11. The van der Waals surface area contributed by atoms with Gasteiger partial charge in [0.05, 0.1) is 5.70 Å². The highest BCUT2D eigenvalue weighted by Crippen LogP contribution is 2.17. The van der Waals surface area contributed by atoms with Crippen molar-refractivity contribution < 1.29 is 9.53 Å². The largest absolute Gasteiger partial charge is 0.456 e. The summed E-state index contributed by atoms with van der Waals surface area (Å²) in [4.78, 5) is 11.8. The molecule has 0 aliphatic carbocycles. The van der Waals surface area contributed by atoms with Crippen LogP contribution in [0.1, 0.15) is 20.8 Å². The molecule has 0 spiro atoms. The van der Waals surface area contributed by atoms with Gasteiger partial charge in [0, 0.05) is 10.7 Å². The highest BCUT2D eigenvalue weighted by atomic mass is 79.9. The summed E-state index contributed by atoms with van der Waals surface area (Å²) < 4.78 is 5.98. The molecule has 0 aromatic heterocycles. The van der Waals surface area contributed by atoms with Crippen LogP contribution in [-0.4, -0.2) is 11.6 Å². The summed E-state index contributed by atoms with van der Waals surface area (Å²) in [6.45, 7) is 5.27. The van der Waals surface area contributed by atoms with Gasteiger partial charge < -0.3 is 10.1 Å². The molecule has 0 aromatic rings.